The van der Waals surface area contributed by atoms with Gasteiger partial charge in [0.2, 0.25) is 0 Å². The Hall–Kier alpha value is -0.273. The van der Waals surface area contributed by atoms with Gasteiger partial charge in [-0.1, -0.05) is 77.9 Å². The molecule has 1 atom stereocenters. The number of hydrogen-bond donors (Lipinski definition) is 0. The molecule has 0 N–H and O–H groups in total. The lowest BCUT2D eigenvalue weighted by atomic mass is 10.0. The molecule has 0 radical (unpaired) electrons. The summed E-state index contributed by atoms with van der Waals surface area (Å²) < 4.78 is 0. The molecule has 0 aliphatic rings. The molecule has 0 heterocycles. The molecule has 96 valence electrons. The topological polar surface area (TPSA) is 0 Å². The molecule has 0 saturated heterocycles. The summed E-state index contributed by atoms with van der Waals surface area (Å²) in [6, 6.07) is 10.7. The quantitative estimate of drug-likeness (QED) is 0.499. The van der Waals surface area contributed by atoms with E-state index in [1.165, 1.54) is 5.56 Å². The Kier molecular flexibility index (Phi) is 4.15. The predicted octanol–water partition coefficient (Wildman–Crippen LogP) is 5.51. The van der Waals surface area contributed by atoms with E-state index in [4.69, 9.17) is 11.1 Å². The number of hydrogen-bond acceptors (Lipinski definition) is 0. The van der Waals surface area contributed by atoms with Gasteiger partial charge in [-0.2, -0.15) is 11.1 Å². The number of halogens is 1. The van der Waals surface area contributed by atoms with E-state index in [1.54, 1.807) is 0 Å². The Morgan fingerprint density at radius 1 is 1.06 bits per heavy atom. The lowest BCUT2D eigenvalue weighted by molar-refractivity contribution is 0.576. The van der Waals surface area contributed by atoms with E-state index in [0.717, 1.165) is 6.42 Å². The molecule has 0 amide bonds. The zero-order valence-corrected chi connectivity index (χ0v) is 13.7. The second-order valence-electron chi connectivity index (χ2n) is 6.23. The molecule has 0 aliphatic heterocycles. The summed E-state index contributed by atoms with van der Waals surface area (Å²) in [6.07, 6.45) is 1.13. The molecule has 1 unspecified atom stereocenters. The SMILES string of the molecule is CCC(C)(C)[Si](C)(Cl)C(C)(C)c1ccccc1. The maximum absolute atomic E-state index is 7.09. The normalized spacial score (nSPS) is 16.6. The molecule has 0 bridgehead atoms. The highest BCUT2D eigenvalue weighted by molar-refractivity contribution is 7.22. The first-order valence-corrected chi connectivity index (χ1v) is 9.92. The van der Waals surface area contributed by atoms with Gasteiger partial charge in [-0.3, -0.25) is 0 Å². The zero-order valence-electron chi connectivity index (χ0n) is 12.0. The van der Waals surface area contributed by atoms with Crippen LogP contribution >= 0.6 is 11.1 Å². The lowest BCUT2D eigenvalue weighted by Crippen LogP contribution is -2.53. The fourth-order valence-corrected chi connectivity index (χ4v) is 6.10. The Balaban J connectivity index is 3.22. The smallest absolute Gasteiger partial charge is 0.166 e. The van der Waals surface area contributed by atoms with Crippen LogP contribution in [0.5, 0.6) is 0 Å². The van der Waals surface area contributed by atoms with Crippen LogP contribution in [0, 0.1) is 0 Å². The van der Waals surface area contributed by atoms with Crippen molar-refractivity contribution >= 4 is 18.5 Å². The van der Waals surface area contributed by atoms with Crippen LogP contribution in [0.2, 0.25) is 11.6 Å². The van der Waals surface area contributed by atoms with Gasteiger partial charge < -0.3 is 0 Å². The summed E-state index contributed by atoms with van der Waals surface area (Å²) in [6.45, 7) is 13.8. The van der Waals surface area contributed by atoms with Crippen molar-refractivity contribution < 1.29 is 0 Å². The van der Waals surface area contributed by atoms with Crippen LogP contribution in [0.4, 0.5) is 0 Å². The molecule has 0 spiro atoms. The van der Waals surface area contributed by atoms with Gasteiger partial charge in [0, 0.05) is 0 Å². The van der Waals surface area contributed by atoms with E-state index in [2.05, 4.69) is 71.5 Å². The second kappa shape index (κ2) is 4.77. The summed E-state index contributed by atoms with van der Waals surface area (Å²) in [7, 11) is -1.93. The van der Waals surface area contributed by atoms with Gasteiger partial charge in [0.1, 0.15) is 0 Å². The van der Waals surface area contributed by atoms with E-state index in [9.17, 15) is 0 Å². The van der Waals surface area contributed by atoms with Crippen molar-refractivity contribution in [2.75, 3.05) is 0 Å². The van der Waals surface area contributed by atoms with Crippen LogP contribution < -0.4 is 0 Å². The fourth-order valence-electron chi connectivity index (χ4n) is 2.30. The van der Waals surface area contributed by atoms with Crippen molar-refractivity contribution in [2.45, 2.75) is 57.7 Å². The van der Waals surface area contributed by atoms with Gasteiger partial charge in [0.15, 0.2) is 7.38 Å². The van der Waals surface area contributed by atoms with E-state index in [0.29, 0.717) is 0 Å². The van der Waals surface area contributed by atoms with Crippen LogP contribution in [0.3, 0.4) is 0 Å². The third-order valence-electron chi connectivity index (χ3n) is 4.82. The maximum Gasteiger partial charge on any atom is 0.168 e. The molecule has 0 nitrogen and oxygen atoms in total. The molecule has 1 aromatic rings. The predicted molar refractivity (Wildman–Crippen MR) is 81.3 cm³/mol. The highest BCUT2D eigenvalue weighted by Crippen LogP contribution is 2.52. The van der Waals surface area contributed by atoms with Crippen molar-refractivity contribution in [3.8, 4) is 0 Å². The first kappa shape index (κ1) is 14.8. The summed E-state index contributed by atoms with van der Waals surface area (Å²) >= 11 is 7.09. The van der Waals surface area contributed by atoms with E-state index >= 15 is 0 Å². The average Bonchev–Trinajstić information content (AvgIpc) is 2.29. The lowest BCUT2D eigenvalue weighted by Gasteiger charge is -2.48. The number of rotatable bonds is 4. The molecule has 0 fully saturated rings. The van der Waals surface area contributed by atoms with E-state index in [-0.39, 0.29) is 10.1 Å². The Labute approximate surface area is 112 Å². The third-order valence-corrected chi connectivity index (χ3v) is 13.3. The Morgan fingerprint density at radius 2 is 1.53 bits per heavy atom. The molecule has 1 rings (SSSR count). The van der Waals surface area contributed by atoms with Crippen molar-refractivity contribution in [2.24, 2.45) is 0 Å². The van der Waals surface area contributed by atoms with Crippen molar-refractivity contribution in [1.29, 1.82) is 0 Å². The standard InChI is InChI=1S/C15H25ClSi/c1-7-14(2,3)17(6,16)15(4,5)13-11-9-8-10-12-13/h8-12H,7H2,1-6H3. The molecule has 17 heavy (non-hydrogen) atoms. The van der Waals surface area contributed by atoms with Gasteiger partial charge in [-0.15, -0.1) is 0 Å². The first-order chi connectivity index (χ1) is 7.67. The van der Waals surface area contributed by atoms with Crippen LogP contribution in [-0.2, 0) is 5.04 Å². The molecule has 0 aromatic heterocycles. The van der Waals surface area contributed by atoms with Crippen LogP contribution in [0.15, 0.2) is 30.3 Å². The van der Waals surface area contributed by atoms with E-state index in [1.807, 2.05) is 0 Å². The minimum absolute atomic E-state index is 0.0787. The van der Waals surface area contributed by atoms with Gasteiger partial charge in [-0.05, 0) is 15.6 Å². The van der Waals surface area contributed by atoms with Gasteiger partial charge in [0.25, 0.3) is 0 Å². The number of benzene rings is 1. The Bertz CT molecular complexity index is 366. The van der Waals surface area contributed by atoms with Crippen molar-refractivity contribution in [1.82, 2.24) is 0 Å². The van der Waals surface area contributed by atoms with Crippen LogP contribution in [0.25, 0.3) is 0 Å². The molecule has 0 aliphatic carbocycles. The summed E-state index contributed by atoms with van der Waals surface area (Å²) in [5.74, 6) is 0. The highest BCUT2D eigenvalue weighted by atomic mass is 35.6. The van der Waals surface area contributed by atoms with Crippen molar-refractivity contribution in [3.05, 3.63) is 35.9 Å². The minimum Gasteiger partial charge on any atom is -0.166 e. The molecule has 0 saturated carbocycles. The van der Waals surface area contributed by atoms with Crippen LogP contribution in [0.1, 0.15) is 46.6 Å². The maximum atomic E-state index is 7.09. The van der Waals surface area contributed by atoms with Gasteiger partial charge >= 0.3 is 0 Å². The molecular weight excluding hydrogens is 244 g/mol. The summed E-state index contributed by atoms with van der Waals surface area (Å²) in [5.41, 5.74) is 1.37. The minimum atomic E-state index is -1.93. The Morgan fingerprint density at radius 3 is 1.94 bits per heavy atom. The van der Waals surface area contributed by atoms with Crippen LogP contribution in [-0.4, -0.2) is 7.38 Å². The van der Waals surface area contributed by atoms with E-state index < -0.39 is 7.38 Å². The highest BCUT2D eigenvalue weighted by Gasteiger charge is 2.52. The third kappa shape index (κ3) is 2.46. The summed E-state index contributed by atoms with van der Waals surface area (Å²) in [5, 5.41) is 0.309. The largest absolute Gasteiger partial charge is 0.168 e. The first-order valence-electron chi connectivity index (χ1n) is 6.41. The fraction of sp³-hybridized carbons (Fsp3) is 0.600. The zero-order chi connectivity index (χ0) is 13.3. The average molecular weight is 269 g/mol. The second-order valence-corrected chi connectivity index (χ2v) is 13.1. The van der Waals surface area contributed by atoms with Gasteiger partial charge in [-0.25, -0.2) is 0 Å². The summed E-state index contributed by atoms with van der Waals surface area (Å²) in [4.78, 5) is 0. The van der Waals surface area contributed by atoms with Gasteiger partial charge in [0.05, 0.1) is 0 Å². The molecule has 1 aromatic carbocycles. The monoisotopic (exact) mass is 268 g/mol. The molecule has 2 heteroatoms. The van der Waals surface area contributed by atoms with Crippen molar-refractivity contribution in [3.63, 3.8) is 0 Å². The molecular formula is C15H25ClSi.